The lowest BCUT2D eigenvalue weighted by Gasteiger charge is -2.37. The summed E-state index contributed by atoms with van der Waals surface area (Å²) in [5.74, 6) is 1.22. The van der Waals surface area contributed by atoms with E-state index >= 15 is 0 Å². The molecule has 0 amide bonds. The fourth-order valence-corrected chi connectivity index (χ4v) is 8.38. The zero-order chi connectivity index (χ0) is 42.8. The average Bonchev–Trinajstić information content (AvgIpc) is 3.82. The predicted molar refractivity (Wildman–Crippen MR) is 214 cm³/mol. The Kier molecular flexibility index (Phi) is 12.6. The number of hydrogen-bond acceptors (Lipinski definition) is 13. The van der Waals surface area contributed by atoms with Crippen LogP contribution in [0.2, 0.25) is 0 Å². The van der Waals surface area contributed by atoms with Crippen LogP contribution in [-0.2, 0) is 33.4 Å². The van der Waals surface area contributed by atoms with E-state index in [-0.39, 0.29) is 30.6 Å². The number of phosphoric acid groups is 1. The number of aliphatic hydroxyl groups is 1. The van der Waals surface area contributed by atoms with Gasteiger partial charge in [-0.3, -0.25) is 37.7 Å². The molecule has 2 aromatic heterocycles. The van der Waals surface area contributed by atoms with Crippen LogP contribution in [0.4, 0.5) is 0 Å². The third kappa shape index (κ3) is 8.87. The molecule has 3 aromatic carbocycles. The van der Waals surface area contributed by atoms with Crippen LogP contribution >= 0.6 is 7.82 Å². The highest BCUT2D eigenvalue weighted by atomic mass is 31.2. The summed E-state index contributed by atoms with van der Waals surface area (Å²) >= 11 is 0. The van der Waals surface area contributed by atoms with Crippen molar-refractivity contribution in [3.05, 3.63) is 161 Å². The molecule has 5 aromatic rings. The minimum Gasteiger partial charge on any atom is -0.497 e. The number of aromatic amines is 2. The number of methoxy groups -OCH3 is 2. The molecule has 2 aliphatic heterocycles. The third-order valence-corrected chi connectivity index (χ3v) is 11.6. The first-order valence-electron chi connectivity index (χ1n) is 19.0. The second kappa shape index (κ2) is 17.7. The number of rotatable bonds is 15. The molecule has 19 heteroatoms. The maximum absolute atomic E-state index is 13.7. The normalized spacial score (nSPS) is 22.7. The molecule has 2 fully saturated rings. The van der Waals surface area contributed by atoms with E-state index in [0.29, 0.717) is 22.6 Å². The van der Waals surface area contributed by atoms with E-state index in [1.165, 1.54) is 26.2 Å². The Morgan fingerprint density at radius 2 is 1.20 bits per heavy atom. The number of nitrogens with one attached hydrogen (secondary N) is 2. The molecular weight excluding hydrogens is 803 g/mol. The van der Waals surface area contributed by atoms with E-state index in [1.807, 2.05) is 54.6 Å². The SMILES string of the molecule is COc1ccc(C(OC[C@H]2O[C@@H](n3cc(C)c(=O)[nH]c3=O)C[C@@H]2OP(=O)(O)OC[C@H]2O[C@@H](n3cc(C)c(=O)[nH]c3=O)C[C@@H]2O)(c2ccccc2)c2ccc(OC)cc2)cc1. The first-order valence-corrected chi connectivity index (χ1v) is 20.5. The Labute approximate surface area is 342 Å². The molecule has 0 saturated carbocycles. The fraction of sp³-hybridized carbons (Fsp3) is 0.366. The molecule has 18 nitrogen and oxygen atoms in total. The molecule has 0 spiro atoms. The lowest BCUT2D eigenvalue weighted by molar-refractivity contribution is -0.0952. The number of phosphoric ester groups is 1. The maximum Gasteiger partial charge on any atom is 0.472 e. The zero-order valence-corrected chi connectivity index (χ0v) is 34.0. The van der Waals surface area contributed by atoms with Crippen molar-refractivity contribution in [1.82, 2.24) is 19.1 Å². The molecule has 0 radical (unpaired) electrons. The highest BCUT2D eigenvalue weighted by molar-refractivity contribution is 7.47. The largest absolute Gasteiger partial charge is 0.497 e. The molecule has 4 N–H and O–H groups in total. The summed E-state index contributed by atoms with van der Waals surface area (Å²) in [5, 5.41) is 10.8. The number of ether oxygens (including phenoxy) is 5. The van der Waals surface area contributed by atoms with Crippen molar-refractivity contribution in [1.29, 1.82) is 0 Å². The van der Waals surface area contributed by atoms with Crippen molar-refractivity contribution in [3.63, 3.8) is 0 Å². The molecule has 0 bridgehead atoms. The third-order valence-electron chi connectivity index (χ3n) is 10.6. The van der Waals surface area contributed by atoms with Gasteiger partial charge >= 0.3 is 19.2 Å². The van der Waals surface area contributed by atoms with Crippen molar-refractivity contribution >= 4 is 7.82 Å². The van der Waals surface area contributed by atoms with Crippen molar-refractivity contribution in [2.75, 3.05) is 27.4 Å². The van der Waals surface area contributed by atoms with Gasteiger partial charge in [-0.05, 0) is 54.8 Å². The molecule has 7 rings (SSSR count). The van der Waals surface area contributed by atoms with E-state index in [2.05, 4.69) is 9.97 Å². The van der Waals surface area contributed by atoms with Crippen LogP contribution in [0.15, 0.2) is 110 Å². The summed E-state index contributed by atoms with van der Waals surface area (Å²) in [4.78, 5) is 65.2. The number of benzene rings is 3. The van der Waals surface area contributed by atoms with Crippen molar-refractivity contribution in [2.45, 2.75) is 69.2 Å². The lowest BCUT2D eigenvalue weighted by atomic mass is 9.80. The van der Waals surface area contributed by atoms with Crippen molar-refractivity contribution in [3.8, 4) is 11.5 Å². The maximum atomic E-state index is 13.7. The van der Waals surface area contributed by atoms with Crippen LogP contribution < -0.4 is 32.0 Å². The van der Waals surface area contributed by atoms with Crippen LogP contribution in [0, 0.1) is 13.8 Å². The minimum absolute atomic E-state index is 0.0769. The molecule has 60 heavy (non-hydrogen) atoms. The quantitative estimate of drug-likeness (QED) is 0.0876. The van der Waals surface area contributed by atoms with E-state index in [9.17, 15) is 33.7 Å². The molecule has 2 aliphatic rings. The van der Waals surface area contributed by atoms with Gasteiger partial charge in [0.15, 0.2) is 0 Å². The van der Waals surface area contributed by atoms with Gasteiger partial charge in [-0.25, -0.2) is 14.2 Å². The first-order chi connectivity index (χ1) is 28.7. The molecule has 1 unspecified atom stereocenters. The molecule has 0 aliphatic carbocycles. The number of aliphatic hydroxyl groups excluding tert-OH is 1. The summed E-state index contributed by atoms with van der Waals surface area (Å²) in [6, 6.07) is 24.0. The van der Waals surface area contributed by atoms with Gasteiger partial charge in [0.25, 0.3) is 11.1 Å². The summed E-state index contributed by atoms with van der Waals surface area (Å²) in [6.45, 7) is 2.13. The number of hydrogen-bond donors (Lipinski definition) is 4. The Balaban J connectivity index is 1.19. The van der Waals surface area contributed by atoms with Crippen LogP contribution in [-0.4, -0.2) is 81.0 Å². The monoisotopic (exact) mass is 848 g/mol. The smallest absolute Gasteiger partial charge is 0.472 e. The van der Waals surface area contributed by atoms with Gasteiger partial charge in [0.2, 0.25) is 0 Å². The van der Waals surface area contributed by atoms with E-state index < -0.39 is 79.4 Å². The van der Waals surface area contributed by atoms with Crippen LogP contribution in [0.5, 0.6) is 11.5 Å². The Morgan fingerprint density at radius 3 is 1.72 bits per heavy atom. The highest BCUT2D eigenvalue weighted by Gasteiger charge is 2.46. The number of H-pyrrole nitrogens is 2. The van der Waals surface area contributed by atoms with Crippen molar-refractivity contribution < 1.29 is 47.3 Å². The van der Waals surface area contributed by atoms with E-state index in [0.717, 1.165) is 14.7 Å². The van der Waals surface area contributed by atoms with E-state index in [4.69, 9.17) is 32.7 Å². The van der Waals surface area contributed by atoms with Gasteiger partial charge < -0.3 is 33.7 Å². The summed E-state index contributed by atoms with van der Waals surface area (Å²) in [5.41, 5.74) is -1.41. The molecule has 318 valence electrons. The molecule has 2 saturated heterocycles. The lowest BCUT2D eigenvalue weighted by Crippen LogP contribution is -2.38. The van der Waals surface area contributed by atoms with Gasteiger partial charge in [-0.1, -0.05) is 54.6 Å². The number of nitrogens with zero attached hydrogens (tertiary/aromatic N) is 2. The summed E-state index contributed by atoms with van der Waals surface area (Å²) in [7, 11) is -1.87. The van der Waals surface area contributed by atoms with Crippen molar-refractivity contribution in [2.24, 2.45) is 0 Å². The summed E-state index contributed by atoms with van der Waals surface area (Å²) < 4.78 is 57.2. The molecule has 4 heterocycles. The highest BCUT2D eigenvalue weighted by Crippen LogP contribution is 2.50. The number of aromatic nitrogens is 4. The van der Waals surface area contributed by atoms with Gasteiger partial charge in [-0.15, -0.1) is 0 Å². The van der Waals surface area contributed by atoms with Gasteiger partial charge in [0, 0.05) is 36.4 Å². The second-order valence-corrected chi connectivity index (χ2v) is 15.9. The summed E-state index contributed by atoms with van der Waals surface area (Å²) in [6.07, 6.45) is -4.43. The standard InChI is InChI=1S/C41H45N4O14P/c1-24-20-44(39(49)42-37(24)47)35-18-31(46)33(57-35)23-56-60(51,52)59-32-19-36(45-21-25(2)38(48)43-40(45)50)58-34(32)22-55-41(26-8-6-5-7-9-26,27-10-14-29(53-3)15-11-27)28-12-16-30(54-4)17-13-28/h5-17,20-21,31-36,46H,18-19,22-23H2,1-4H3,(H,51,52)(H,42,47,49)(H,43,48,50)/t31-,32-,33+,34+,35+,36+/m0/s1. The predicted octanol–water partition coefficient (Wildman–Crippen LogP) is 3.17. The second-order valence-electron chi connectivity index (χ2n) is 14.5. The number of aryl methyl sites for hydroxylation is 2. The van der Waals surface area contributed by atoms with Crippen LogP contribution in [0.3, 0.4) is 0 Å². The Hall–Kier alpha value is -5.43. The average molecular weight is 849 g/mol. The van der Waals surface area contributed by atoms with Gasteiger partial charge in [-0.2, -0.15) is 0 Å². The van der Waals surface area contributed by atoms with Crippen LogP contribution in [0.25, 0.3) is 0 Å². The first kappa shape index (κ1) is 42.7. The topological polar surface area (TPSA) is 232 Å². The van der Waals surface area contributed by atoms with Gasteiger partial charge in [0.1, 0.15) is 47.9 Å². The Bertz CT molecular complexity index is 2530. The molecular formula is C41H45N4O14P. The van der Waals surface area contributed by atoms with Crippen LogP contribution in [0.1, 0.15) is 53.1 Å². The minimum atomic E-state index is -4.99. The Morgan fingerprint density at radius 1 is 0.717 bits per heavy atom. The zero-order valence-electron chi connectivity index (χ0n) is 33.1. The van der Waals surface area contributed by atoms with Gasteiger partial charge in [0.05, 0.1) is 33.5 Å². The molecule has 7 atom stereocenters. The fourth-order valence-electron chi connectivity index (χ4n) is 7.42. The van der Waals surface area contributed by atoms with E-state index in [1.54, 1.807) is 38.5 Å².